The Kier molecular flexibility index (Phi) is 4.48. The van der Waals surface area contributed by atoms with E-state index in [-0.39, 0.29) is 16.8 Å². The van der Waals surface area contributed by atoms with Crippen molar-refractivity contribution in [3.8, 4) is 0 Å². The van der Waals surface area contributed by atoms with Crippen LogP contribution in [-0.4, -0.2) is 20.4 Å². The van der Waals surface area contributed by atoms with Crippen LogP contribution in [0.25, 0.3) is 0 Å². The van der Waals surface area contributed by atoms with E-state index in [1.54, 1.807) is 0 Å². The van der Waals surface area contributed by atoms with Crippen molar-refractivity contribution in [2.75, 3.05) is 0 Å². The van der Waals surface area contributed by atoms with Crippen LogP contribution < -0.4 is 10.5 Å². The van der Waals surface area contributed by atoms with Crippen molar-refractivity contribution in [2.45, 2.75) is 31.7 Å². The van der Waals surface area contributed by atoms with E-state index in [0.717, 1.165) is 0 Å². The third kappa shape index (κ3) is 3.82. The van der Waals surface area contributed by atoms with E-state index in [1.165, 1.54) is 24.3 Å². The molecule has 3 N–H and O–H groups in total. The van der Waals surface area contributed by atoms with Gasteiger partial charge in [-0.15, -0.1) is 0 Å². The Morgan fingerprint density at radius 3 is 2.06 bits per heavy atom. The second kappa shape index (κ2) is 5.49. The highest BCUT2D eigenvalue weighted by Crippen LogP contribution is 2.09. The molecule has 0 radical (unpaired) electrons. The highest BCUT2D eigenvalue weighted by atomic mass is 32.2. The lowest BCUT2D eigenvalue weighted by Crippen LogP contribution is -2.36. The molecule has 0 saturated heterocycles. The van der Waals surface area contributed by atoms with Crippen LogP contribution in [0.15, 0.2) is 29.2 Å². The summed E-state index contributed by atoms with van der Waals surface area (Å²) in [5.41, 5.74) is 0.412. The van der Waals surface area contributed by atoms with Gasteiger partial charge in [-0.3, -0.25) is 4.79 Å². The predicted octanol–water partition coefficient (Wildman–Crippen LogP) is 1.11. The summed E-state index contributed by atoms with van der Waals surface area (Å²) in [6.45, 7) is 5.94. The molecule has 0 fully saturated rings. The van der Waals surface area contributed by atoms with Crippen LogP contribution in [0.3, 0.4) is 0 Å². The van der Waals surface area contributed by atoms with Gasteiger partial charge in [0.2, 0.25) is 10.0 Å². The zero-order valence-corrected chi connectivity index (χ0v) is 11.5. The Bertz CT molecular complexity index is 521. The Labute approximate surface area is 107 Å². The van der Waals surface area contributed by atoms with Gasteiger partial charge in [0.15, 0.2) is 0 Å². The van der Waals surface area contributed by atoms with Crippen molar-refractivity contribution in [1.82, 2.24) is 5.32 Å². The van der Waals surface area contributed by atoms with Gasteiger partial charge in [0, 0.05) is 11.6 Å². The largest absolute Gasteiger partial charge is 0.349 e. The number of carbonyl (C=O) groups excluding carboxylic acids is 1. The number of amides is 1. The maximum Gasteiger partial charge on any atom is 0.251 e. The van der Waals surface area contributed by atoms with Crippen molar-refractivity contribution in [2.24, 2.45) is 11.1 Å². The lowest BCUT2D eigenvalue weighted by molar-refractivity contribution is 0.0930. The van der Waals surface area contributed by atoms with Gasteiger partial charge >= 0.3 is 0 Å². The summed E-state index contributed by atoms with van der Waals surface area (Å²) in [6.07, 6.45) is 0. The second-order valence-corrected chi connectivity index (χ2v) is 6.14. The fourth-order valence-electron chi connectivity index (χ4n) is 1.25. The van der Waals surface area contributed by atoms with E-state index in [4.69, 9.17) is 5.14 Å². The molecule has 100 valence electrons. The van der Waals surface area contributed by atoms with E-state index in [1.807, 2.05) is 20.8 Å². The van der Waals surface area contributed by atoms with Crippen molar-refractivity contribution >= 4 is 15.9 Å². The Morgan fingerprint density at radius 1 is 1.17 bits per heavy atom. The minimum Gasteiger partial charge on any atom is -0.349 e. The van der Waals surface area contributed by atoms with Crippen LogP contribution in [0.1, 0.15) is 31.1 Å². The van der Waals surface area contributed by atoms with Crippen molar-refractivity contribution in [1.29, 1.82) is 0 Å². The summed E-state index contributed by atoms with van der Waals surface area (Å²) in [6, 6.07) is 5.59. The van der Waals surface area contributed by atoms with Gasteiger partial charge in [-0.1, -0.05) is 13.8 Å². The SMILES string of the molecule is CC(C)C(C)NC(=O)c1ccc(S(N)(=O)=O)cc1. The molecule has 0 aliphatic rings. The molecule has 1 aromatic carbocycles. The molecule has 6 heteroatoms. The van der Waals surface area contributed by atoms with Gasteiger partial charge in [-0.2, -0.15) is 0 Å². The first-order valence-corrected chi connectivity index (χ1v) is 7.20. The topological polar surface area (TPSA) is 89.3 Å². The smallest absolute Gasteiger partial charge is 0.251 e. The van der Waals surface area contributed by atoms with Crippen molar-refractivity contribution < 1.29 is 13.2 Å². The van der Waals surface area contributed by atoms with Crippen LogP contribution in [0.5, 0.6) is 0 Å². The molecule has 0 bridgehead atoms. The Morgan fingerprint density at radius 2 is 1.67 bits per heavy atom. The first kappa shape index (κ1) is 14.7. The van der Waals surface area contributed by atoms with E-state index in [0.29, 0.717) is 11.5 Å². The molecule has 0 spiro atoms. The summed E-state index contributed by atoms with van der Waals surface area (Å²) >= 11 is 0. The zero-order chi connectivity index (χ0) is 13.9. The van der Waals surface area contributed by atoms with Crippen LogP contribution in [-0.2, 0) is 10.0 Å². The summed E-state index contributed by atoms with van der Waals surface area (Å²) in [5, 5.41) is 7.81. The lowest BCUT2D eigenvalue weighted by Gasteiger charge is -2.17. The first-order valence-electron chi connectivity index (χ1n) is 5.65. The fraction of sp³-hybridized carbons (Fsp3) is 0.417. The molecule has 0 aliphatic heterocycles. The Balaban J connectivity index is 2.83. The highest BCUT2D eigenvalue weighted by molar-refractivity contribution is 7.89. The van der Waals surface area contributed by atoms with Crippen LogP contribution in [0.4, 0.5) is 0 Å². The standard InChI is InChI=1S/C12H18N2O3S/c1-8(2)9(3)14-12(15)10-4-6-11(7-5-10)18(13,16)17/h4-9H,1-3H3,(H,14,15)(H2,13,16,17). The van der Waals surface area contributed by atoms with Gasteiger partial charge in [0.05, 0.1) is 4.90 Å². The maximum atomic E-state index is 11.8. The molecule has 5 nitrogen and oxygen atoms in total. The Hall–Kier alpha value is -1.40. The molecule has 0 saturated carbocycles. The van der Waals surface area contributed by atoms with Crippen molar-refractivity contribution in [3.05, 3.63) is 29.8 Å². The molecule has 1 amide bonds. The number of sulfonamides is 1. The molecular weight excluding hydrogens is 252 g/mol. The van der Waals surface area contributed by atoms with Gasteiger partial charge < -0.3 is 5.32 Å². The number of carbonyl (C=O) groups is 1. The zero-order valence-electron chi connectivity index (χ0n) is 10.7. The molecule has 0 aliphatic carbocycles. The molecule has 0 heterocycles. The average molecular weight is 270 g/mol. The predicted molar refractivity (Wildman–Crippen MR) is 69.6 cm³/mol. The number of nitrogens with two attached hydrogens (primary N) is 1. The molecule has 1 rings (SSSR count). The minimum atomic E-state index is -3.71. The number of benzene rings is 1. The van der Waals surface area contributed by atoms with Gasteiger partial charge in [-0.25, -0.2) is 13.6 Å². The molecule has 1 atom stereocenters. The van der Waals surface area contributed by atoms with E-state index in [2.05, 4.69) is 5.32 Å². The van der Waals surface area contributed by atoms with Crippen LogP contribution in [0.2, 0.25) is 0 Å². The van der Waals surface area contributed by atoms with Crippen LogP contribution >= 0.6 is 0 Å². The van der Waals surface area contributed by atoms with E-state index < -0.39 is 10.0 Å². The summed E-state index contributed by atoms with van der Waals surface area (Å²) in [5.74, 6) is 0.106. The lowest BCUT2D eigenvalue weighted by atomic mass is 10.1. The van der Waals surface area contributed by atoms with Crippen molar-refractivity contribution in [3.63, 3.8) is 0 Å². The first-order chi connectivity index (χ1) is 8.21. The fourth-order valence-corrected chi connectivity index (χ4v) is 1.77. The number of hydrogen-bond donors (Lipinski definition) is 2. The van der Waals surface area contributed by atoms with E-state index >= 15 is 0 Å². The summed E-state index contributed by atoms with van der Waals surface area (Å²) in [7, 11) is -3.71. The third-order valence-corrected chi connectivity index (χ3v) is 3.73. The average Bonchev–Trinajstić information content (AvgIpc) is 2.27. The summed E-state index contributed by atoms with van der Waals surface area (Å²) in [4.78, 5) is 11.8. The molecule has 1 aromatic rings. The van der Waals surface area contributed by atoms with Crippen LogP contribution in [0, 0.1) is 5.92 Å². The normalized spacial score (nSPS) is 13.4. The molecule has 1 unspecified atom stereocenters. The van der Waals surface area contributed by atoms with E-state index in [9.17, 15) is 13.2 Å². The number of nitrogens with one attached hydrogen (secondary N) is 1. The quantitative estimate of drug-likeness (QED) is 0.858. The molecular formula is C12H18N2O3S. The highest BCUT2D eigenvalue weighted by Gasteiger charge is 2.13. The summed E-state index contributed by atoms with van der Waals surface area (Å²) < 4.78 is 22.1. The third-order valence-electron chi connectivity index (χ3n) is 2.80. The number of rotatable bonds is 4. The minimum absolute atomic E-state index is 0.00374. The molecule has 0 aromatic heterocycles. The molecule has 18 heavy (non-hydrogen) atoms. The monoisotopic (exact) mass is 270 g/mol. The number of hydrogen-bond acceptors (Lipinski definition) is 3. The second-order valence-electron chi connectivity index (χ2n) is 4.58. The van der Waals surface area contributed by atoms with Gasteiger partial charge in [-0.05, 0) is 37.1 Å². The maximum absolute atomic E-state index is 11.8. The van der Waals surface area contributed by atoms with Gasteiger partial charge in [0.25, 0.3) is 5.91 Å². The van der Waals surface area contributed by atoms with Gasteiger partial charge in [0.1, 0.15) is 0 Å². The number of primary sulfonamides is 1.